The minimum absolute atomic E-state index is 0.204. The van der Waals surface area contributed by atoms with Gasteiger partial charge in [-0.25, -0.2) is 0 Å². The van der Waals surface area contributed by atoms with Crippen molar-refractivity contribution in [2.75, 3.05) is 13.2 Å². The van der Waals surface area contributed by atoms with E-state index < -0.39 is 12.2 Å². The number of pyridine rings is 1. The molecule has 3 N–H and O–H groups in total. The number of nitrogens with one attached hydrogen (secondary N) is 1. The van der Waals surface area contributed by atoms with Crippen LogP contribution >= 0.6 is 0 Å². The molecule has 0 spiro atoms. The van der Waals surface area contributed by atoms with Gasteiger partial charge >= 0.3 is 0 Å². The van der Waals surface area contributed by atoms with Gasteiger partial charge in [0.05, 0.1) is 25.0 Å². The van der Waals surface area contributed by atoms with Gasteiger partial charge in [0.25, 0.3) is 0 Å². The fourth-order valence-corrected chi connectivity index (χ4v) is 3.20. The molecule has 0 radical (unpaired) electrons. The molecule has 2 unspecified atom stereocenters. The molecule has 5 heteroatoms. The average molecular weight is 292 g/mol. The summed E-state index contributed by atoms with van der Waals surface area (Å²) in [4.78, 5) is 4.04. The van der Waals surface area contributed by atoms with Crippen LogP contribution in [0.25, 0.3) is 0 Å². The summed E-state index contributed by atoms with van der Waals surface area (Å²) in [7, 11) is 0. The van der Waals surface area contributed by atoms with Gasteiger partial charge in [0.15, 0.2) is 0 Å². The Morgan fingerprint density at radius 1 is 1.29 bits per heavy atom. The molecule has 2 saturated carbocycles. The number of hydrogen-bond donors (Lipinski definition) is 3. The highest BCUT2D eigenvalue weighted by atomic mass is 16.5. The summed E-state index contributed by atoms with van der Waals surface area (Å²) in [6.07, 6.45) is 7.01. The lowest BCUT2D eigenvalue weighted by atomic mass is 9.85. The van der Waals surface area contributed by atoms with Crippen LogP contribution in [-0.2, 0) is 0 Å². The lowest BCUT2D eigenvalue weighted by Gasteiger charge is -2.34. The first-order valence-electron chi connectivity index (χ1n) is 7.79. The van der Waals surface area contributed by atoms with Gasteiger partial charge in [0.1, 0.15) is 5.75 Å². The lowest BCUT2D eigenvalue weighted by molar-refractivity contribution is 0.0438. The van der Waals surface area contributed by atoms with Gasteiger partial charge in [0.2, 0.25) is 0 Å². The molecule has 0 amide bonds. The summed E-state index contributed by atoms with van der Waals surface area (Å²) in [6.45, 7) is 1.28. The van der Waals surface area contributed by atoms with E-state index in [0.29, 0.717) is 25.5 Å². The zero-order valence-corrected chi connectivity index (χ0v) is 12.2. The molecule has 0 aliphatic heterocycles. The molecule has 2 aliphatic rings. The van der Waals surface area contributed by atoms with Gasteiger partial charge in [-0.2, -0.15) is 0 Å². The smallest absolute Gasteiger partial charge is 0.137 e. The van der Waals surface area contributed by atoms with Crippen molar-refractivity contribution >= 4 is 0 Å². The van der Waals surface area contributed by atoms with Crippen LogP contribution in [0.5, 0.6) is 5.75 Å². The fourth-order valence-electron chi connectivity index (χ4n) is 3.20. The van der Waals surface area contributed by atoms with E-state index in [1.54, 1.807) is 12.4 Å². The SMILES string of the molecule is OC1CC(CNC2CCC2)(COc2cccnc2)CC1O. The van der Waals surface area contributed by atoms with Gasteiger partial charge < -0.3 is 20.3 Å². The first-order valence-corrected chi connectivity index (χ1v) is 7.79. The first kappa shape index (κ1) is 14.8. The molecule has 0 aromatic carbocycles. The Morgan fingerprint density at radius 2 is 2.05 bits per heavy atom. The Bertz CT molecular complexity index is 440. The summed E-state index contributed by atoms with van der Waals surface area (Å²) in [5.74, 6) is 0.733. The number of aliphatic hydroxyl groups is 2. The van der Waals surface area contributed by atoms with Crippen molar-refractivity contribution in [3.63, 3.8) is 0 Å². The van der Waals surface area contributed by atoms with Crippen molar-refractivity contribution < 1.29 is 14.9 Å². The minimum atomic E-state index is -0.648. The molecule has 0 saturated heterocycles. The Kier molecular flexibility index (Phi) is 4.42. The maximum absolute atomic E-state index is 9.92. The van der Waals surface area contributed by atoms with E-state index in [9.17, 15) is 10.2 Å². The first-order chi connectivity index (χ1) is 10.2. The van der Waals surface area contributed by atoms with Crippen LogP contribution in [0.1, 0.15) is 32.1 Å². The van der Waals surface area contributed by atoms with Gasteiger partial charge in [-0.3, -0.25) is 4.98 Å². The van der Waals surface area contributed by atoms with Crippen molar-refractivity contribution in [2.24, 2.45) is 5.41 Å². The summed E-state index contributed by atoms with van der Waals surface area (Å²) in [6, 6.07) is 4.31. The van der Waals surface area contributed by atoms with E-state index >= 15 is 0 Å². The van der Waals surface area contributed by atoms with Crippen LogP contribution in [-0.4, -0.2) is 46.6 Å². The molecule has 5 nitrogen and oxygen atoms in total. The molecular weight excluding hydrogens is 268 g/mol. The van der Waals surface area contributed by atoms with Crippen LogP contribution in [0.3, 0.4) is 0 Å². The maximum Gasteiger partial charge on any atom is 0.137 e. The van der Waals surface area contributed by atoms with Gasteiger partial charge in [-0.05, 0) is 37.8 Å². The molecule has 3 rings (SSSR count). The maximum atomic E-state index is 9.92. The van der Waals surface area contributed by atoms with Crippen LogP contribution in [0, 0.1) is 5.41 Å². The van der Waals surface area contributed by atoms with Gasteiger partial charge in [0, 0.05) is 24.2 Å². The third-order valence-electron chi connectivity index (χ3n) is 4.78. The monoisotopic (exact) mass is 292 g/mol. The second kappa shape index (κ2) is 6.30. The Balaban J connectivity index is 1.61. The summed E-state index contributed by atoms with van der Waals surface area (Å²) in [5.41, 5.74) is -0.204. The summed E-state index contributed by atoms with van der Waals surface area (Å²) in [5, 5.41) is 23.4. The average Bonchev–Trinajstić information content (AvgIpc) is 2.72. The topological polar surface area (TPSA) is 74.6 Å². The minimum Gasteiger partial charge on any atom is -0.491 e. The second-order valence-corrected chi connectivity index (χ2v) is 6.53. The molecule has 0 bridgehead atoms. The standard InChI is InChI=1S/C16H24N2O3/c19-14-7-16(8-15(14)20,10-18-12-3-1-4-12)11-21-13-5-2-6-17-9-13/h2,5-6,9,12,14-15,18-20H,1,3-4,7-8,10-11H2. The van der Waals surface area contributed by atoms with Gasteiger partial charge in [-0.1, -0.05) is 6.42 Å². The number of nitrogens with zero attached hydrogens (tertiary/aromatic N) is 1. The zero-order valence-electron chi connectivity index (χ0n) is 12.2. The fraction of sp³-hybridized carbons (Fsp3) is 0.688. The highest BCUT2D eigenvalue weighted by molar-refractivity contribution is 5.15. The third-order valence-corrected chi connectivity index (χ3v) is 4.78. The number of aromatic nitrogens is 1. The van der Waals surface area contributed by atoms with Crippen LogP contribution in [0.4, 0.5) is 0 Å². The number of rotatable bonds is 6. The van der Waals surface area contributed by atoms with E-state index in [1.807, 2.05) is 12.1 Å². The number of hydrogen-bond acceptors (Lipinski definition) is 5. The van der Waals surface area contributed by atoms with Crippen molar-refractivity contribution in [3.05, 3.63) is 24.5 Å². The predicted octanol–water partition coefficient (Wildman–Crippen LogP) is 1.10. The molecule has 2 fully saturated rings. The molecule has 1 aromatic rings. The lowest BCUT2D eigenvalue weighted by Crippen LogP contribution is -2.44. The Morgan fingerprint density at radius 3 is 2.62 bits per heavy atom. The summed E-state index contributed by atoms with van der Waals surface area (Å²) >= 11 is 0. The van der Waals surface area contributed by atoms with E-state index in [2.05, 4.69) is 10.3 Å². The van der Waals surface area contributed by atoms with Crippen LogP contribution in [0.2, 0.25) is 0 Å². The number of ether oxygens (including phenoxy) is 1. The molecule has 1 aromatic heterocycles. The number of aliphatic hydroxyl groups excluding tert-OH is 2. The van der Waals surface area contributed by atoms with Crippen molar-refractivity contribution in [3.8, 4) is 5.75 Å². The molecule has 2 aliphatic carbocycles. The van der Waals surface area contributed by atoms with E-state index in [0.717, 1.165) is 12.3 Å². The largest absolute Gasteiger partial charge is 0.491 e. The molecule has 21 heavy (non-hydrogen) atoms. The molecule has 1 heterocycles. The highest BCUT2D eigenvalue weighted by Gasteiger charge is 2.45. The van der Waals surface area contributed by atoms with Crippen molar-refractivity contribution in [1.29, 1.82) is 0 Å². The quantitative estimate of drug-likeness (QED) is 0.732. The van der Waals surface area contributed by atoms with E-state index in [-0.39, 0.29) is 5.41 Å². The third kappa shape index (κ3) is 3.54. The van der Waals surface area contributed by atoms with E-state index in [1.165, 1.54) is 19.3 Å². The van der Waals surface area contributed by atoms with E-state index in [4.69, 9.17) is 4.74 Å². The Hall–Kier alpha value is -1.17. The van der Waals surface area contributed by atoms with Crippen molar-refractivity contribution in [1.82, 2.24) is 10.3 Å². The Labute approximate surface area is 125 Å². The highest BCUT2D eigenvalue weighted by Crippen LogP contribution is 2.39. The second-order valence-electron chi connectivity index (χ2n) is 6.53. The molecular formula is C16H24N2O3. The predicted molar refractivity (Wildman–Crippen MR) is 79.1 cm³/mol. The molecule has 116 valence electrons. The zero-order chi connectivity index (χ0) is 14.7. The van der Waals surface area contributed by atoms with Gasteiger partial charge in [-0.15, -0.1) is 0 Å². The molecule has 2 atom stereocenters. The van der Waals surface area contributed by atoms with Crippen molar-refractivity contribution in [2.45, 2.75) is 50.4 Å². The van der Waals surface area contributed by atoms with Crippen LogP contribution in [0.15, 0.2) is 24.5 Å². The summed E-state index contributed by atoms with van der Waals surface area (Å²) < 4.78 is 5.85. The van der Waals surface area contributed by atoms with Crippen LogP contribution < -0.4 is 10.1 Å². The normalized spacial score (nSPS) is 32.9.